The third-order valence-electron chi connectivity index (χ3n) is 2.06. The number of hydrogen-bond acceptors (Lipinski definition) is 6. The highest BCUT2D eigenvalue weighted by Crippen LogP contribution is 2.15. The van der Waals surface area contributed by atoms with Gasteiger partial charge in [-0.05, 0) is 7.05 Å². The van der Waals surface area contributed by atoms with Gasteiger partial charge < -0.3 is 21.8 Å². The first kappa shape index (κ1) is 9.66. The van der Waals surface area contributed by atoms with Gasteiger partial charge >= 0.3 is 0 Å². The van der Waals surface area contributed by atoms with Crippen LogP contribution in [0.1, 0.15) is 5.69 Å². The maximum Gasteiger partial charge on any atom is 0.222 e. The highest BCUT2D eigenvalue weighted by Gasteiger charge is 2.09. The maximum atomic E-state index is 5.57. The quantitative estimate of drug-likeness (QED) is 0.527. The molecule has 80 valence electrons. The first-order valence-electron chi connectivity index (χ1n) is 4.63. The number of likely N-dealkylation sites (N-methyl/N-ethyl adjacent to an activating group) is 1. The molecule has 0 unspecified atom stereocenters. The number of fused-ring (bicyclic) bond motifs is 1. The topological polar surface area (TPSA) is 119 Å². The van der Waals surface area contributed by atoms with E-state index in [1.54, 1.807) is 0 Å². The van der Waals surface area contributed by atoms with Gasteiger partial charge in [0.25, 0.3) is 0 Å². The molecule has 2 aromatic heterocycles. The zero-order chi connectivity index (χ0) is 10.8. The number of nitrogens with two attached hydrogens (primary N) is 2. The molecular weight excluding hydrogens is 194 g/mol. The summed E-state index contributed by atoms with van der Waals surface area (Å²) >= 11 is 0. The second-order valence-electron chi connectivity index (χ2n) is 3.20. The van der Waals surface area contributed by atoms with E-state index in [9.17, 15) is 0 Å². The second kappa shape index (κ2) is 3.70. The monoisotopic (exact) mass is 207 g/mol. The van der Waals surface area contributed by atoms with Crippen LogP contribution in [0.3, 0.4) is 0 Å². The zero-order valence-corrected chi connectivity index (χ0v) is 8.41. The number of anilines is 2. The van der Waals surface area contributed by atoms with Crippen LogP contribution in [0.2, 0.25) is 0 Å². The van der Waals surface area contributed by atoms with Crippen LogP contribution < -0.4 is 16.8 Å². The molecule has 0 atom stereocenters. The smallest absolute Gasteiger partial charge is 0.222 e. The van der Waals surface area contributed by atoms with Crippen molar-refractivity contribution in [3.63, 3.8) is 0 Å². The fraction of sp³-hybridized carbons (Fsp3) is 0.375. The molecule has 0 aromatic carbocycles. The Labute approximate surface area is 86.3 Å². The molecule has 0 saturated carbocycles. The molecule has 2 aromatic rings. The van der Waals surface area contributed by atoms with Gasteiger partial charge in [0.15, 0.2) is 11.6 Å². The summed E-state index contributed by atoms with van der Waals surface area (Å²) in [6, 6.07) is 0. The standard InChI is InChI=1S/C8H13N7/c1-11-3-2-4-5-6(14-7(9)12-4)15-8(10)13-5/h11H,2-3H2,1H3,(H5,9,10,12,13,14,15). The van der Waals surface area contributed by atoms with Gasteiger partial charge in [0.05, 0.1) is 5.69 Å². The highest BCUT2D eigenvalue weighted by atomic mass is 15.1. The van der Waals surface area contributed by atoms with Crippen LogP contribution in [0.15, 0.2) is 0 Å². The first-order valence-corrected chi connectivity index (χ1v) is 4.63. The van der Waals surface area contributed by atoms with Crippen LogP contribution in [-0.2, 0) is 6.42 Å². The van der Waals surface area contributed by atoms with E-state index < -0.39 is 0 Å². The maximum absolute atomic E-state index is 5.57. The lowest BCUT2D eigenvalue weighted by atomic mass is 10.2. The summed E-state index contributed by atoms with van der Waals surface area (Å²) in [6.07, 6.45) is 0.740. The van der Waals surface area contributed by atoms with Crippen molar-refractivity contribution in [3.05, 3.63) is 5.69 Å². The first-order chi connectivity index (χ1) is 7.20. The lowest BCUT2D eigenvalue weighted by Crippen LogP contribution is -2.12. The molecule has 6 N–H and O–H groups in total. The Kier molecular flexibility index (Phi) is 2.38. The molecule has 2 heterocycles. The normalized spacial score (nSPS) is 11.0. The SMILES string of the molecule is CNCCc1nc(N)nc2[nH]c(N)nc12. The average Bonchev–Trinajstić information content (AvgIpc) is 2.54. The molecule has 7 heteroatoms. The van der Waals surface area contributed by atoms with Crippen LogP contribution >= 0.6 is 0 Å². The predicted molar refractivity (Wildman–Crippen MR) is 58.1 cm³/mol. The molecule has 2 rings (SSSR count). The third-order valence-corrected chi connectivity index (χ3v) is 2.06. The Hall–Kier alpha value is -1.89. The van der Waals surface area contributed by atoms with Crippen LogP contribution in [-0.4, -0.2) is 33.5 Å². The number of aromatic amines is 1. The van der Waals surface area contributed by atoms with Crippen LogP contribution in [0.5, 0.6) is 0 Å². The van der Waals surface area contributed by atoms with Crippen molar-refractivity contribution < 1.29 is 0 Å². The molecule has 15 heavy (non-hydrogen) atoms. The van der Waals surface area contributed by atoms with Crippen LogP contribution in [0, 0.1) is 0 Å². The Morgan fingerprint density at radius 3 is 2.80 bits per heavy atom. The molecule has 0 spiro atoms. The lowest BCUT2D eigenvalue weighted by molar-refractivity contribution is 0.779. The van der Waals surface area contributed by atoms with Gasteiger partial charge in [0.2, 0.25) is 5.95 Å². The minimum absolute atomic E-state index is 0.234. The fourth-order valence-electron chi connectivity index (χ4n) is 1.41. The number of hydrogen-bond donors (Lipinski definition) is 4. The summed E-state index contributed by atoms with van der Waals surface area (Å²) < 4.78 is 0. The Bertz CT molecular complexity index is 475. The molecule has 0 aliphatic heterocycles. The number of imidazole rings is 1. The van der Waals surface area contributed by atoms with Crippen LogP contribution in [0.4, 0.5) is 11.9 Å². The van der Waals surface area contributed by atoms with E-state index in [0.717, 1.165) is 18.7 Å². The van der Waals surface area contributed by atoms with Crippen molar-refractivity contribution in [2.75, 3.05) is 25.1 Å². The van der Waals surface area contributed by atoms with E-state index in [1.165, 1.54) is 0 Å². The van der Waals surface area contributed by atoms with Crippen molar-refractivity contribution in [3.8, 4) is 0 Å². The third kappa shape index (κ3) is 1.82. The van der Waals surface area contributed by atoms with E-state index in [1.807, 2.05) is 7.05 Å². The Balaban J connectivity index is 2.50. The number of rotatable bonds is 3. The minimum atomic E-state index is 0.234. The summed E-state index contributed by atoms with van der Waals surface area (Å²) in [5, 5.41) is 3.04. The van der Waals surface area contributed by atoms with E-state index in [4.69, 9.17) is 11.5 Å². The fourth-order valence-corrected chi connectivity index (χ4v) is 1.41. The van der Waals surface area contributed by atoms with Crippen molar-refractivity contribution >= 4 is 23.1 Å². The largest absolute Gasteiger partial charge is 0.369 e. The highest BCUT2D eigenvalue weighted by molar-refractivity contribution is 5.76. The molecule has 0 bridgehead atoms. The predicted octanol–water partition coefficient (Wildman–Crippen LogP) is -0.721. The lowest BCUT2D eigenvalue weighted by Gasteiger charge is -2.01. The molecule has 0 fully saturated rings. The van der Waals surface area contributed by atoms with E-state index in [-0.39, 0.29) is 5.95 Å². The Morgan fingerprint density at radius 1 is 1.27 bits per heavy atom. The molecule has 0 amide bonds. The number of aromatic nitrogens is 4. The van der Waals surface area contributed by atoms with Gasteiger partial charge in [-0.15, -0.1) is 0 Å². The van der Waals surface area contributed by atoms with E-state index >= 15 is 0 Å². The summed E-state index contributed by atoms with van der Waals surface area (Å²) in [5.41, 5.74) is 13.2. The zero-order valence-electron chi connectivity index (χ0n) is 8.41. The number of nitrogens with one attached hydrogen (secondary N) is 2. The number of nitrogen functional groups attached to an aromatic ring is 2. The van der Waals surface area contributed by atoms with Crippen LogP contribution in [0.25, 0.3) is 11.2 Å². The molecule has 0 aliphatic carbocycles. The molecule has 0 saturated heterocycles. The number of H-pyrrole nitrogens is 1. The van der Waals surface area contributed by atoms with Crippen molar-refractivity contribution in [2.24, 2.45) is 0 Å². The molecule has 0 aliphatic rings. The van der Waals surface area contributed by atoms with E-state index in [0.29, 0.717) is 17.1 Å². The van der Waals surface area contributed by atoms with Gasteiger partial charge in [-0.2, -0.15) is 4.98 Å². The van der Waals surface area contributed by atoms with E-state index in [2.05, 4.69) is 25.3 Å². The molecular formula is C8H13N7. The summed E-state index contributed by atoms with van der Waals surface area (Å²) in [4.78, 5) is 15.1. The Morgan fingerprint density at radius 2 is 2.07 bits per heavy atom. The number of nitrogens with zero attached hydrogens (tertiary/aromatic N) is 3. The van der Waals surface area contributed by atoms with Gasteiger partial charge in [0, 0.05) is 13.0 Å². The van der Waals surface area contributed by atoms with Crippen molar-refractivity contribution in [1.82, 2.24) is 25.3 Å². The van der Waals surface area contributed by atoms with Gasteiger partial charge in [0.1, 0.15) is 5.52 Å². The molecule has 0 radical (unpaired) electrons. The second-order valence-corrected chi connectivity index (χ2v) is 3.20. The van der Waals surface area contributed by atoms with Crippen molar-refractivity contribution in [1.29, 1.82) is 0 Å². The summed E-state index contributed by atoms with van der Waals surface area (Å²) in [7, 11) is 1.88. The van der Waals surface area contributed by atoms with Gasteiger partial charge in [-0.1, -0.05) is 0 Å². The van der Waals surface area contributed by atoms with Crippen molar-refractivity contribution in [2.45, 2.75) is 6.42 Å². The minimum Gasteiger partial charge on any atom is -0.369 e. The molecule has 7 nitrogen and oxygen atoms in total. The van der Waals surface area contributed by atoms with Gasteiger partial charge in [-0.25, -0.2) is 9.97 Å². The average molecular weight is 207 g/mol. The summed E-state index contributed by atoms with van der Waals surface area (Å²) in [6.45, 7) is 0.804. The summed E-state index contributed by atoms with van der Waals surface area (Å²) in [5.74, 6) is 0.563. The van der Waals surface area contributed by atoms with Gasteiger partial charge in [-0.3, -0.25) is 0 Å².